The summed E-state index contributed by atoms with van der Waals surface area (Å²) < 4.78 is 18.2. The Morgan fingerprint density at radius 3 is 2.70 bits per heavy atom. The summed E-state index contributed by atoms with van der Waals surface area (Å²) in [6, 6.07) is 11.2. The number of nitrogens with one attached hydrogen (secondary N) is 1. The van der Waals surface area contributed by atoms with Crippen LogP contribution in [-0.4, -0.2) is 19.1 Å². The summed E-state index contributed by atoms with van der Waals surface area (Å²) >= 11 is 11.8. The second-order valence-corrected chi connectivity index (χ2v) is 5.76. The molecule has 0 radical (unpaired) electrons. The first-order valence-electron chi connectivity index (χ1n) is 7.13. The van der Waals surface area contributed by atoms with Crippen LogP contribution in [0, 0.1) is 5.82 Å². The van der Waals surface area contributed by atoms with E-state index in [1.807, 2.05) is 12.1 Å². The van der Waals surface area contributed by atoms with Crippen LogP contribution in [0.15, 0.2) is 42.5 Å². The lowest BCUT2D eigenvalue weighted by Crippen LogP contribution is -2.29. The van der Waals surface area contributed by atoms with Gasteiger partial charge in [-0.2, -0.15) is 0 Å². The summed E-state index contributed by atoms with van der Waals surface area (Å²) in [5, 5.41) is 3.80. The van der Waals surface area contributed by atoms with Gasteiger partial charge in [0.1, 0.15) is 11.6 Å². The lowest BCUT2D eigenvalue weighted by Gasteiger charge is -2.08. The third-order valence-corrected chi connectivity index (χ3v) is 3.85. The number of hydrogen-bond acceptors (Lipinski definition) is 2. The van der Waals surface area contributed by atoms with Crippen LogP contribution in [-0.2, 0) is 11.2 Å². The van der Waals surface area contributed by atoms with E-state index < -0.39 is 5.82 Å². The van der Waals surface area contributed by atoms with Gasteiger partial charge in [0.15, 0.2) is 6.61 Å². The second-order valence-electron chi connectivity index (χ2n) is 4.95. The van der Waals surface area contributed by atoms with E-state index in [1.54, 1.807) is 12.1 Å². The number of amides is 1. The molecule has 2 rings (SSSR count). The Morgan fingerprint density at radius 2 is 1.96 bits per heavy atom. The van der Waals surface area contributed by atoms with Gasteiger partial charge in [0.25, 0.3) is 5.91 Å². The molecule has 0 aliphatic carbocycles. The Morgan fingerprint density at radius 1 is 1.13 bits per heavy atom. The van der Waals surface area contributed by atoms with Crippen LogP contribution in [0.1, 0.15) is 12.0 Å². The summed E-state index contributed by atoms with van der Waals surface area (Å²) in [4.78, 5) is 11.6. The summed E-state index contributed by atoms with van der Waals surface area (Å²) in [5.74, 6) is -0.316. The Balaban J connectivity index is 1.65. The molecule has 0 aliphatic heterocycles. The maximum Gasteiger partial charge on any atom is 0.257 e. The average Bonchev–Trinajstić information content (AvgIpc) is 2.53. The minimum absolute atomic E-state index is 0.143. The van der Waals surface area contributed by atoms with Gasteiger partial charge in [-0.25, -0.2) is 4.39 Å². The molecular weight excluding hydrogens is 340 g/mol. The molecule has 0 spiro atoms. The molecule has 0 bridgehead atoms. The number of aryl methyl sites for hydroxylation is 1. The molecule has 2 aromatic carbocycles. The molecule has 122 valence electrons. The maximum absolute atomic E-state index is 13.0. The Hall–Kier alpha value is -1.78. The summed E-state index contributed by atoms with van der Waals surface area (Å²) in [7, 11) is 0. The third kappa shape index (κ3) is 6.08. The molecule has 23 heavy (non-hydrogen) atoms. The van der Waals surface area contributed by atoms with E-state index in [2.05, 4.69) is 5.32 Å². The molecule has 0 aromatic heterocycles. The van der Waals surface area contributed by atoms with E-state index >= 15 is 0 Å². The topological polar surface area (TPSA) is 38.3 Å². The molecule has 3 nitrogen and oxygen atoms in total. The molecule has 0 atom stereocenters. The van der Waals surface area contributed by atoms with Crippen molar-refractivity contribution < 1.29 is 13.9 Å². The summed E-state index contributed by atoms with van der Waals surface area (Å²) in [6.07, 6.45) is 1.55. The van der Waals surface area contributed by atoms with E-state index in [9.17, 15) is 9.18 Å². The zero-order valence-corrected chi connectivity index (χ0v) is 13.8. The predicted octanol–water partition coefficient (Wildman–Crippen LogP) is 4.26. The van der Waals surface area contributed by atoms with E-state index in [-0.39, 0.29) is 12.5 Å². The molecule has 0 saturated heterocycles. The van der Waals surface area contributed by atoms with Crippen LogP contribution < -0.4 is 10.1 Å². The van der Waals surface area contributed by atoms with Crippen LogP contribution >= 0.6 is 23.2 Å². The summed E-state index contributed by atoms with van der Waals surface area (Å²) in [5.41, 5.74) is 1.06. The van der Waals surface area contributed by atoms with E-state index in [1.165, 1.54) is 18.2 Å². The van der Waals surface area contributed by atoms with Crippen molar-refractivity contribution in [3.63, 3.8) is 0 Å². The first-order valence-corrected chi connectivity index (χ1v) is 7.89. The number of carbonyl (C=O) groups is 1. The zero-order chi connectivity index (χ0) is 16.7. The first kappa shape index (κ1) is 17.6. The highest BCUT2D eigenvalue weighted by Gasteiger charge is 2.04. The van der Waals surface area contributed by atoms with Gasteiger partial charge in [0.2, 0.25) is 0 Å². The van der Waals surface area contributed by atoms with Crippen molar-refractivity contribution in [2.75, 3.05) is 13.2 Å². The Bertz CT molecular complexity index is 679. The van der Waals surface area contributed by atoms with Gasteiger partial charge in [0, 0.05) is 12.6 Å². The standard InChI is InChI=1S/C17H16Cl2FNO2/c18-15-7-6-12(9-16(15)19)3-2-8-21-17(22)11-23-14-5-1-4-13(20)10-14/h1,4-7,9-10H,2-3,8,11H2,(H,21,22). The van der Waals surface area contributed by atoms with Crippen LogP contribution in [0.5, 0.6) is 5.75 Å². The molecule has 0 fully saturated rings. The van der Waals surface area contributed by atoms with Gasteiger partial charge in [-0.3, -0.25) is 4.79 Å². The fraction of sp³-hybridized carbons (Fsp3) is 0.235. The van der Waals surface area contributed by atoms with Gasteiger partial charge < -0.3 is 10.1 Å². The average molecular weight is 356 g/mol. The number of benzene rings is 2. The van der Waals surface area contributed by atoms with Gasteiger partial charge >= 0.3 is 0 Å². The fourth-order valence-corrected chi connectivity index (χ4v) is 2.29. The van der Waals surface area contributed by atoms with E-state index in [0.717, 1.165) is 18.4 Å². The molecular formula is C17H16Cl2FNO2. The van der Waals surface area contributed by atoms with Crippen molar-refractivity contribution in [1.29, 1.82) is 0 Å². The van der Waals surface area contributed by atoms with Gasteiger partial charge in [-0.15, -0.1) is 0 Å². The quantitative estimate of drug-likeness (QED) is 0.753. The predicted molar refractivity (Wildman–Crippen MR) is 89.7 cm³/mol. The van der Waals surface area contributed by atoms with Crippen molar-refractivity contribution >= 4 is 29.1 Å². The zero-order valence-electron chi connectivity index (χ0n) is 12.3. The number of rotatable bonds is 7. The van der Waals surface area contributed by atoms with Crippen molar-refractivity contribution in [1.82, 2.24) is 5.32 Å². The van der Waals surface area contributed by atoms with Crippen LogP contribution in [0.3, 0.4) is 0 Å². The molecule has 6 heteroatoms. The lowest BCUT2D eigenvalue weighted by atomic mass is 10.1. The van der Waals surface area contributed by atoms with E-state index in [4.69, 9.17) is 27.9 Å². The van der Waals surface area contributed by atoms with Crippen molar-refractivity contribution in [3.05, 3.63) is 63.9 Å². The van der Waals surface area contributed by atoms with Crippen LogP contribution in [0.4, 0.5) is 4.39 Å². The second kappa shape index (κ2) is 8.75. The van der Waals surface area contributed by atoms with Crippen LogP contribution in [0.2, 0.25) is 10.0 Å². The minimum atomic E-state index is -0.399. The highest BCUT2D eigenvalue weighted by Crippen LogP contribution is 2.23. The first-order chi connectivity index (χ1) is 11.0. The Labute approximate surface area is 144 Å². The van der Waals surface area contributed by atoms with Crippen molar-refractivity contribution in [2.45, 2.75) is 12.8 Å². The molecule has 0 unspecified atom stereocenters. The SMILES string of the molecule is O=C(COc1cccc(F)c1)NCCCc1ccc(Cl)c(Cl)c1. The lowest BCUT2D eigenvalue weighted by molar-refractivity contribution is -0.123. The molecule has 0 saturated carbocycles. The normalized spacial score (nSPS) is 10.4. The molecule has 1 N–H and O–H groups in total. The maximum atomic E-state index is 13.0. The number of hydrogen-bond donors (Lipinski definition) is 1. The van der Waals surface area contributed by atoms with E-state index in [0.29, 0.717) is 22.3 Å². The monoisotopic (exact) mass is 355 g/mol. The van der Waals surface area contributed by atoms with Gasteiger partial charge in [-0.05, 0) is 42.7 Å². The van der Waals surface area contributed by atoms with Crippen LogP contribution in [0.25, 0.3) is 0 Å². The molecule has 1 amide bonds. The molecule has 2 aromatic rings. The number of ether oxygens (including phenoxy) is 1. The van der Waals surface area contributed by atoms with Crippen molar-refractivity contribution in [3.8, 4) is 5.75 Å². The molecule has 0 aliphatic rings. The van der Waals surface area contributed by atoms with Gasteiger partial charge in [-0.1, -0.05) is 35.3 Å². The smallest absolute Gasteiger partial charge is 0.257 e. The largest absolute Gasteiger partial charge is 0.484 e. The highest BCUT2D eigenvalue weighted by molar-refractivity contribution is 6.42. The Kier molecular flexibility index (Phi) is 6.68. The molecule has 0 heterocycles. The minimum Gasteiger partial charge on any atom is -0.484 e. The number of carbonyl (C=O) groups excluding carboxylic acids is 1. The third-order valence-electron chi connectivity index (χ3n) is 3.11. The number of halogens is 3. The summed E-state index contributed by atoms with van der Waals surface area (Å²) in [6.45, 7) is 0.377. The highest BCUT2D eigenvalue weighted by atomic mass is 35.5. The van der Waals surface area contributed by atoms with Crippen molar-refractivity contribution in [2.24, 2.45) is 0 Å². The van der Waals surface area contributed by atoms with Gasteiger partial charge in [0.05, 0.1) is 10.0 Å². The fourth-order valence-electron chi connectivity index (χ4n) is 1.97.